The van der Waals surface area contributed by atoms with Crippen LogP contribution in [0.2, 0.25) is 0 Å². The summed E-state index contributed by atoms with van der Waals surface area (Å²) in [5.74, 6) is -0.849. The normalized spacial score (nSPS) is 21.3. The zero-order chi connectivity index (χ0) is 15.6. The molecular formula is C14H18N2O5. The number of nitro groups is 1. The molecule has 1 heterocycles. The second kappa shape index (κ2) is 5.99. The maximum absolute atomic E-state index is 11.4. The van der Waals surface area contributed by atoms with Gasteiger partial charge in [-0.15, -0.1) is 0 Å². The molecule has 0 aliphatic carbocycles. The summed E-state index contributed by atoms with van der Waals surface area (Å²) in [6.45, 7) is 4.38. The lowest BCUT2D eigenvalue weighted by Gasteiger charge is -2.25. The highest BCUT2D eigenvalue weighted by Crippen LogP contribution is 2.41. The third-order valence-electron chi connectivity index (χ3n) is 3.72. The van der Waals surface area contributed by atoms with Crippen molar-refractivity contribution in [3.63, 3.8) is 0 Å². The lowest BCUT2D eigenvalue weighted by atomic mass is 10.0. The molecule has 1 N–H and O–H groups in total. The Balaban J connectivity index is 2.50. The molecule has 2 rings (SSSR count). The fourth-order valence-corrected chi connectivity index (χ4v) is 2.79. The maximum atomic E-state index is 11.4. The Morgan fingerprint density at radius 3 is 2.86 bits per heavy atom. The minimum Gasteiger partial charge on any atom is -0.487 e. The number of carboxylic acid groups (broad SMARTS) is 1. The fraction of sp³-hybridized carbons (Fsp3) is 0.500. The molecule has 2 unspecified atom stereocenters. The first-order valence-corrected chi connectivity index (χ1v) is 6.87. The molecule has 1 aromatic carbocycles. The van der Waals surface area contributed by atoms with Crippen LogP contribution >= 0.6 is 0 Å². The lowest BCUT2D eigenvalue weighted by molar-refractivity contribution is -0.385. The van der Waals surface area contributed by atoms with E-state index in [1.165, 1.54) is 6.07 Å². The molecule has 0 amide bonds. The summed E-state index contributed by atoms with van der Waals surface area (Å²) in [4.78, 5) is 23.9. The Bertz CT molecular complexity index is 560. The molecule has 1 aliphatic heterocycles. The molecule has 1 aliphatic rings. The van der Waals surface area contributed by atoms with Gasteiger partial charge in [0.2, 0.25) is 0 Å². The molecule has 7 nitrogen and oxygen atoms in total. The Labute approximate surface area is 122 Å². The van der Waals surface area contributed by atoms with Gasteiger partial charge in [0.1, 0.15) is 11.7 Å². The topological polar surface area (TPSA) is 92.9 Å². The summed E-state index contributed by atoms with van der Waals surface area (Å²) < 4.78 is 5.31. The maximum Gasteiger partial charge on any atom is 0.333 e. The molecule has 1 aromatic rings. The number of carbonyl (C=O) groups is 1. The van der Waals surface area contributed by atoms with Crippen LogP contribution in [-0.4, -0.2) is 35.2 Å². The number of hydrogen-bond acceptors (Lipinski definition) is 5. The van der Waals surface area contributed by atoms with Crippen LogP contribution in [0, 0.1) is 16.0 Å². The summed E-state index contributed by atoms with van der Waals surface area (Å²) >= 11 is 0. The minimum absolute atomic E-state index is 0.0575. The standard InChI is InChI=1S/C14H18N2O5/c1-3-21-11-6-4-5-10(13(11)16(19)20)15-8-7-9(2)12(15)14(17)18/h4-6,9,12H,3,7-8H2,1-2H3,(H,17,18). The SMILES string of the molecule is CCOc1cccc(N2CCC(C)C2C(=O)O)c1[N+](=O)[O-]. The number of anilines is 1. The Morgan fingerprint density at radius 1 is 1.57 bits per heavy atom. The highest BCUT2D eigenvalue weighted by Gasteiger charge is 2.40. The first-order valence-electron chi connectivity index (χ1n) is 6.87. The van der Waals surface area contributed by atoms with Crippen LogP contribution in [0.15, 0.2) is 18.2 Å². The summed E-state index contributed by atoms with van der Waals surface area (Å²) in [5, 5.41) is 20.8. The minimum atomic E-state index is -0.962. The van der Waals surface area contributed by atoms with Crippen LogP contribution in [0.1, 0.15) is 20.3 Å². The molecule has 0 saturated carbocycles. The van der Waals surface area contributed by atoms with E-state index in [4.69, 9.17) is 4.74 Å². The van der Waals surface area contributed by atoms with E-state index in [1.807, 2.05) is 6.92 Å². The van der Waals surface area contributed by atoms with Gasteiger partial charge < -0.3 is 14.7 Å². The van der Waals surface area contributed by atoms with E-state index < -0.39 is 16.9 Å². The largest absolute Gasteiger partial charge is 0.487 e. The van der Waals surface area contributed by atoms with Gasteiger partial charge >= 0.3 is 11.7 Å². The molecule has 0 spiro atoms. The molecule has 0 aromatic heterocycles. The van der Waals surface area contributed by atoms with Crippen LogP contribution < -0.4 is 9.64 Å². The second-order valence-corrected chi connectivity index (χ2v) is 5.06. The molecule has 0 bridgehead atoms. The van der Waals surface area contributed by atoms with Crippen molar-refractivity contribution in [2.75, 3.05) is 18.1 Å². The van der Waals surface area contributed by atoms with Crippen molar-refractivity contribution in [3.8, 4) is 5.75 Å². The van der Waals surface area contributed by atoms with Gasteiger partial charge in [-0.3, -0.25) is 10.1 Å². The Morgan fingerprint density at radius 2 is 2.29 bits per heavy atom. The van der Waals surface area contributed by atoms with Crippen molar-refractivity contribution in [2.24, 2.45) is 5.92 Å². The Kier molecular flexibility index (Phi) is 4.30. The first kappa shape index (κ1) is 15.1. The zero-order valence-electron chi connectivity index (χ0n) is 12.0. The van der Waals surface area contributed by atoms with Crippen LogP contribution in [0.4, 0.5) is 11.4 Å². The van der Waals surface area contributed by atoms with E-state index in [9.17, 15) is 20.0 Å². The molecular weight excluding hydrogens is 276 g/mol. The molecule has 7 heteroatoms. The average Bonchev–Trinajstić information content (AvgIpc) is 2.80. The van der Waals surface area contributed by atoms with Gasteiger partial charge in [-0.2, -0.15) is 0 Å². The lowest BCUT2D eigenvalue weighted by Crippen LogP contribution is -2.39. The average molecular weight is 294 g/mol. The number of aliphatic carboxylic acids is 1. The number of carboxylic acids is 1. The number of ether oxygens (including phenoxy) is 1. The van der Waals surface area contributed by atoms with Crippen LogP contribution in [0.25, 0.3) is 0 Å². The smallest absolute Gasteiger partial charge is 0.333 e. The van der Waals surface area contributed by atoms with Crippen molar-refractivity contribution in [1.29, 1.82) is 0 Å². The third kappa shape index (κ3) is 2.76. The monoisotopic (exact) mass is 294 g/mol. The summed E-state index contributed by atoms with van der Waals surface area (Å²) in [6, 6.07) is 4.00. The van der Waals surface area contributed by atoms with Crippen LogP contribution in [-0.2, 0) is 4.79 Å². The summed E-state index contributed by atoms with van der Waals surface area (Å²) in [5.41, 5.74) is 0.141. The van der Waals surface area contributed by atoms with Gasteiger partial charge in [0.05, 0.1) is 11.5 Å². The molecule has 1 fully saturated rings. The van der Waals surface area contributed by atoms with Crippen molar-refractivity contribution in [3.05, 3.63) is 28.3 Å². The number of rotatable bonds is 5. The van der Waals surface area contributed by atoms with E-state index in [0.29, 0.717) is 25.3 Å². The van der Waals surface area contributed by atoms with Crippen LogP contribution in [0.5, 0.6) is 5.75 Å². The first-order chi connectivity index (χ1) is 9.97. The summed E-state index contributed by atoms with van der Waals surface area (Å²) in [7, 11) is 0. The number of benzene rings is 1. The molecule has 2 atom stereocenters. The predicted molar refractivity (Wildman–Crippen MR) is 76.8 cm³/mol. The fourth-order valence-electron chi connectivity index (χ4n) is 2.79. The van der Waals surface area contributed by atoms with Crippen molar-refractivity contribution >= 4 is 17.3 Å². The van der Waals surface area contributed by atoms with E-state index in [2.05, 4.69) is 0 Å². The molecule has 0 radical (unpaired) electrons. The van der Waals surface area contributed by atoms with Gasteiger partial charge in [0, 0.05) is 6.54 Å². The number of para-hydroxylation sites is 1. The second-order valence-electron chi connectivity index (χ2n) is 5.06. The third-order valence-corrected chi connectivity index (χ3v) is 3.72. The van der Waals surface area contributed by atoms with Gasteiger partial charge in [-0.1, -0.05) is 13.0 Å². The van der Waals surface area contributed by atoms with Crippen molar-refractivity contribution < 1.29 is 19.6 Å². The predicted octanol–water partition coefficient (Wildman–Crippen LogP) is 2.29. The van der Waals surface area contributed by atoms with Gasteiger partial charge in [-0.05, 0) is 31.4 Å². The van der Waals surface area contributed by atoms with E-state index in [1.54, 1.807) is 24.0 Å². The molecule has 114 valence electrons. The van der Waals surface area contributed by atoms with E-state index >= 15 is 0 Å². The van der Waals surface area contributed by atoms with Gasteiger partial charge in [-0.25, -0.2) is 4.79 Å². The van der Waals surface area contributed by atoms with Crippen LogP contribution in [0.3, 0.4) is 0 Å². The Hall–Kier alpha value is -2.31. The van der Waals surface area contributed by atoms with Gasteiger partial charge in [0.25, 0.3) is 0 Å². The molecule has 1 saturated heterocycles. The number of nitro benzene ring substituents is 1. The number of hydrogen-bond donors (Lipinski definition) is 1. The van der Waals surface area contributed by atoms with Crippen molar-refractivity contribution in [1.82, 2.24) is 0 Å². The van der Waals surface area contributed by atoms with E-state index in [0.717, 1.165) is 0 Å². The molecule has 21 heavy (non-hydrogen) atoms. The van der Waals surface area contributed by atoms with Gasteiger partial charge in [0.15, 0.2) is 5.75 Å². The van der Waals surface area contributed by atoms with E-state index in [-0.39, 0.29) is 17.4 Å². The zero-order valence-corrected chi connectivity index (χ0v) is 12.0. The highest BCUT2D eigenvalue weighted by atomic mass is 16.6. The quantitative estimate of drug-likeness (QED) is 0.661. The highest BCUT2D eigenvalue weighted by molar-refractivity contribution is 5.82. The number of nitrogens with zero attached hydrogens (tertiary/aromatic N) is 2. The summed E-state index contributed by atoms with van der Waals surface area (Å²) in [6.07, 6.45) is 0.687. The van der Waals surface area contributed by atoms with Crippen molar-refractivity contribution in [2.45, 2.75) is 26.3 Å².